The Morgan fingerprint density at radius 1 is 1.15 bits per heavy atom. The molecule has 1 fully saturated rings. The molecule has 2 aromatic rings. The van der Waals surface area contributed by atoms with Crippen LogP contribution in [0.2, 0.25) is 0 Å². The summed E-state index contributed by atoms with van der Waals surface area (Å²) in [5.41, 5.74) is 2.49. The lowest BCUT2D eigenvalue weighted by Gasteiger charge is -2.34. The number of thioether (sulfide) groups is 1. The fraction of sp³-hybridized carbons (Fsp3) is 0.429. The second-order valence-corrected chi connectivity index (χ2v) is 8.04. The zero-order chi connectivity index (χ0) is 18.5. The van der Waals surface area contributed by atoms with E-state index in [1.54, 1.807) is 7.11 Å². The lowest BCUT2D eigenvalue weighted by atomic mass is 9.93. The van der Waals surface area contributed by atoms with E-state index in [1.807, 2.05) is 30.4 Å². The van der Waals surface area contributed by atoms with Crippen LogP contribution in [-0.4, -0.2) is 42.7 Å². The molecule has 0 amide bonds. The van der Waals surface area contributed by atoms with Crippen molar-refractivity contribution in [1.29, 1.82) is 0 Å². The van der Waals surface area contributed by atoms with Crippen molar-refractivity contribution in [3.8, 4) is 0 Å². The van der Waals surface area contributed by atoms with E-state index < -0.39 is 0 Å². The van der Waals surface area contributed by atoms with Gasteiger partial charge in [-0.15, -0.1) is 11.8 Å². The van der Waals surface area contributed by atoms with Gasteiger partial charge in [0, 0.05) is 68.3 Å². The quantitative estimate of drug-likeness (QED) is 0.744. The van der Waals surface area contributed by atoms with Crippen molar-refractivity contribution < 1.29 is 4.74 Å². The number of nitrogens with zero attached hydrogens (tertiary/aromatic N) is 4. The van der Waals surface area contributed by atoms with Gasteiger partial charge in [-0.25, -0.2) is 4.98 Å². The molecule has 5 nitrogen and oxygen atoms in total. The zero-order valence-corrected chi connectivity index (χ0v) is 16.6. The zero-order valence-electron chi connectivity index (χ0n) is 15.8. The largest absolute Gasteiger partial charge is 0.385 e. The average Bonchev–Trinajstić information content (AvgIpc) is 3.24. The summed E-state index contributed by atoms with van der Waals surface area (Å²) in [6.07, 6.45) is 11.5. The molecule has 142 valence electrons. The Morgan fingerprint density at radius 3 is 2.74 bits per heavy atom. The summed E-state index contributed by atoms with van der Waals surface area (Å²) < 4.78 is 5.23. The summed E-state index contributed by atoms with van der Waals surface area (Å²) in [6.45, 7) is 3.11. The van der Waals surface area contributed by atoms with Gasteiger partial charge in [0.15, 0.2) is 0 Å². The summed E-state index contributed by atoms with van der Waals surface area (Å²) in [4.78, 5) is 14.7. The van der Waals surface area contributed by atoms with Gasteiger partial charge in [0.2, 0.25) is 0 Å². The van der Waals surface area contributed by atoms with E-state index >= 15 is 0 Å². The summed E-state index contributed by atoms with van der Waals surface area (Å²) >= 11 is 1.84. The first-order valence-electron chi connectivity index (χ1n) is 9.55. The first-order chi connectivity index (χ1) is 13.3. The molecule has 2 aromatic heterocycles. The average molecular weight is 383 g/mol. The van der Waals surface area contributed by atoms with Gasteiger partial charge < -0.3 is 14.5 Å². The maximum absolute atomic E-state index is 5.23. The van der Waals surface area contributed by atoms with Gasteiger partial charge >= 0.3 is 0 Å². The molecule has 0 aromatic carbocycles. The van der Waals surface area contributed by atoms with E-state index in [0.717, 1.165) is 37.3 Å². The third kappa shape index (κ3) is 4.45. The van der Waals surface area contributed by atoms with Crippen LogP contribution in [0.4, 0.5) is 11.5 Å². The van der Waals surface area contributed by atoms with E-state index in [2.05, 4.69) is 50.2 Å². The SMILES string of the molecule is COCCC1CCN(c2ccnc(N3C=C(c4ccncc4)SC3)c2)CC1. The predicted octanol–water partition coefficient (Wildman–Crippen LogP) is 4.24. The molecule has 6 heteroatoms. The molecule has 4 rings (SSSR count). The number of rotatable bonds is 6. The summed E-state index contributed by atoms with van der Waals surface area (Å²) in [5.74, 6) is 2.71. The third-order valence-corrected chi connectivity index (χ3v) is 6.39. The molecule has 0 atom stereocenters. The number of ether oxygens (including phenoxy) is 1. The monoisotopic (exact) mass is 382 g/mol. The molecular formula is C21H26N4OS. The second-order valence-electron chi connectivity index (χ2n) is 7.06. The highest BCUT2D eigenvalue weighted by Crippen LogP contribution is 2.36. The molecule has 0 spiro atoms. The number of hydrogen-bond donors (Lipinski definition) is 0. The van der Waals surface area contributed by atoms with Crippen molar-refractivity contribution in [3.63, 3.8) is 0 Å². The van der Waals surface area contributed by atoms with Gasteiger partial charge in [0.05, 0.1) is 5.88 Å². The van der Waals surface area contributed by atoms with Crippen molar-refractivity contribution in [2.24, 2.45) is 5.92 Å². The summed E-state index contributed by atoms with van der Waals surface area (Å²) in [6, 6.07) is 8.47. The summed E-state index contributed by atoms with van der Waals surface area (Å²) in [5, 5.41) is 0. The standard InChI is InChI=1S/C21H26N4OS/c1-26-13-7-17-5-11-24(12-6-17)19-4-10-23-21(14-19)25-15-20(27-16-25)18-2-8-22-9-3-18/h2-4,8-10,14-15,17H,5-7,11-13,16H2,1H3. The lowest BCUT2D eigenvalue weighted by Crippen LogP contribution is -2.34. The molecule has 0 radical (unpaired) electrons. The second kappa shape index (κ2) is 8.76. The molecule has 0 N–H and O–H groups in total. The van der Waals surface area contributed by atoms with Gasteiger partial charge in [-0.1, -0.05) is 0 Å². The Hall–Kier alpha value is -2.05. The van der Waals surface area contributed by atoms with Crippen molar-refractivity contribution in [2.45, 2.75) is 19.3 Å². The predicted molar refractivity (Wildman–Crippen MR) is 113 cm³/mol. The van der Waals surface area contributed by atoms with E-state index in [-0.39, 0.29) is 0 Å². The third-order valence-electron chi connectivity index (χ3n) is 5.33. The van der Waals surface area contributed by atoms with Crippen molar-refractivity contribution >= 4 is 28.2 Å². The molecule has 0 bridgehead atoms. The molecular weight excluding hydrogens is 356 g/mol. The van der Waals surface area contributed by atoms with Crippen LogP contribution in [0.5, 0.6) is 0 Å². The molecule has 0 saturated carbocycles. The van der Waals surface area contributed by atoms with E-state index in [9.17, 15) is 0 Å². The number of pyridine rings is 2. The van der Waals surface area contributed by atoms with Crippen molar-refractivity contribution in [3.05, 3.63) is 54.6 Å². The normalized spacial score (nSPS) is 18.0. The first kappa shape index (κ1) is 18.3. The maximum Gasteiger partial charge on any atom is 0.135 e. The van der Waals surface area contributed by atoms with Crippen LogP contribution in [0, 0.1) is 5.92 Å². The molecule has 27 heavy (non-hydrogen) atoms. The van der Waals surface area contributed by atoms with Crippen LogP contribution in [0.15, 0.2) is 49.1 Å². The summed E-state index contributed by atoms with van der Waals surface area (Å²) in [7, 11) is 1.79. The van der Waals surface area contributed by atoms with Crippen LogP contribution < -0.4 is 9.80 Å². The highest BCUT2D eigenvalue weighted by Gasteiger charge is 2.21. The van der Waals surface area contributed by atoms with Crippen LogP contribution in [0.1, 0.15) is 24.8 Å². The Kier molecular flexibility index (Phi) is 5.94. The van der Waals surface area contributed by atoms with Crippen LogP contribution in [-0.2, 0) is 4.74 Å². The number of aromatic nitrogens is 2. The maximum atomic E-state index is 5.23. The van der Waals surface area contributed by atoms with E-state index in [4.69, 9.17) is 4.74 Å². The van der Waals surface area contributed by atoms with E-state index in [1.165, 1.54) is 35.4 Å². The van der Waals surface area contributed by atoms with Crippen LogP contribution in [0.3, 0.4) is 0 Å². The molecule has 1 saturated heterocycles. The lowest BCUT2D eigenvalue weighted by molar-refractivity contribution is 0.170. The fourth-order valence-electron chi connectivity index (χ4n) is 3.69. The van der Waals surface area contributed by atoms with Gasteiger partial charge in [-0.05, 0) is 48.9 Å². The molecule has 2 aliphatic rings. The number of anilines is 2. The minimum absolute atomic E-state index is 0.795. The van der Waals surface area contributed by atoms with Crippen molar-refractivity contribution in [2.75, 3.05) is 42.5 Å². The molecule has 4 heterocycles. The van der Waals surface area contributed by atoms with E-state index in [0.29, 0.717) is 0 Å². The topological polar surface area (TPSA) is 41.5 Å². The van der Waals surface area contributed by atoms with Gasteiger partial charge in [0.25, 0.3) is 0 Å². The Bertz CT molecular complexity index is 775. The van der Waals surface area contributed by atoms with Gasteiger partial charge in [-0.2, -0.15) is 0 Å². The molecule has 2 aliphatic heterocycles. The molecule has 0 aliphatic carbocycles. The fourth-order valence-corrected chi connectivity index (χ4v) is 4.68. The highest BCUT2D eigenvalue weighted by atomic mass is 32.2. The van der Waals surface area contributed by atoms with Gasteiger partial charge in [-0.3, -0.25) is 4.98 Å². The minimum Gasteiger partial charge on any atom is -0.385 e. The minimum atomic E-state index is 0.795. The number of hydrogen-bond acceptors (Lipinski definition) is 6. The van der Waals surface area contributed by atoms with Crippen LogP contribution >= 0.6 is 11.8 Å². The van der Waals surface area contributed by atoms with Crippen molar-refractivity contribution in [1.82, 2.24) is 9.97 Å². The molecule has 0 unspecified atom stereocenters. The number of methoxy groups -OCH3 is 1. The number of piperidine rings is 1. The highest BCUT2D eigenvalue weighted by molar-refractivity contribution is 8.08. The van der Waals surface area contributed by atoms with Gasteiger partial charge in [0.1, 0.15) is 5.82 Å². The van der Waals surface area contributed by atoms with Crippen LogP contribution in [0.25, 0.3) is 4.91 Å². The Balaban J connectivity index is 1.42. The smallest absolute Gasteiger partial charge is 0.135 e. The Morgan fingerprint density at radius 2 is 1.96 bits per heavy atom. The first-order valence-corrected chi connectivity index (χ1v) is 10.5. The Labute approximate surface area is 165 Å².